The summed E-state index contributed by atoms with van der Waals surface area (Å²) in [7, 11) is 0. The molecule has 0 spiro atoms. The van der Waals surface area contributed by atoms with Crippen LogP contribution in [0.25, 0.3) is 27.6 Å². The van der Waals surface area contributed by atoms with E-state index in [1.165, 1.54) is 12.1 Å². The smallest absolute Gasteiger partial charge is 0.248 e. The average Bonchev–Trinajstić information content (AvgIpc) is 3.01. The van der Waals surface area contributed by atoms with Crippen LogP contribution in [-0.2, 0) is 13.1 Å². The topological polar surface area (TPSA) is 89.6 Å². The normalized spacial score (nSPS) is 13.1. The molecule has 6 nitrogen and oxygen atoms in total. The van der Waals surface area contributed by atoms with Crippen molar-refractivity contribution in [1.82, 2.24) is 19.5 Å². The zero-order chi connectivity index (χ0) is 20.1. The van der Waals surface area contributed by atoms with E-state index in [9.17, 15) is 13.6 Å². The first-order chi connectivity index (χ1) is 14.1. The maximum absolute atomic E-state index is 14.3. The molecule has 0 amide bonds. The van der Waals surface area contributed by atoms with Crippen molar-refractivity contribution >= 4 is 27.6 Å². The summed E-state index contributed by atoms with van der Waals surface area (Å²) < 4.78 is 29.8. The molecule has 1 aromatic carbocycles. The van der Waals surface area contributed by atoms with Crippen LogP contribution in [0.15, 0.2) is 53.5 Å². The summed E-state index contributed by atoms with van der Waals surface area (Å²) in [6, 6.07) is 5.70. The van der Waals surface area contributed by atoms with Gasteiger partial charge in [0.1, 0.15) is 11.3 Å². The number of benzene rings is 1. The summed E-state index contributed by atoms with van der Waals surface area (Å²) >= 11 is 0. The monoisotopic (exact) mass is 391 g/mol. The fraction of sp³-hybridized carbons (Fsp3) is 0.0952. The van der Waals surface area contributed by atoms with Crippen molar-refractivity contribution in [2.45, 2.75) is 13.1 Å². The summed E-state index contributed by atoms with van der Waals surface area (Å²) in [5.41, 5.74) is 8.77. The molecule has 144 valence electrons. The highest BCUT2D eigenvalue weighted by Gasteiger charge is 2.20. The number of fused-ring (bicyclic) bond motifs is 2. The molecule has 0 atom stereocenters. The van der Waals surface area contributed by atoms with Crippen LogP contribution >= 0.6 is 0 Å². The molecule has 29 heavy (non-hydrogen) atoms. The van der Waals surface area contributed by atoms with Gasteiger partial charge in [0.25, 0.3) is 0 Å². The van der Waals surface area contributed by atoms with Gasteiger partial charge in [-0.2, -0.15) is 0 Å². The second-order valence-corrected chi connectivity index (χ2v) is 6.79. The van der Waals surface area contributed by atoms with Gasteiger partial charge >= 0.3 is 0 Å². The second kappa shape index (κ2) is 6.46. The number of hydrogen-bond acceptors (Lipinski definition) is 4. The van der Waals surface area contributed by atoms with Crippen LogP contribution in [0.1, 0.15) is 17.0 Å². The zero-order valence-electron chi connectivity index (χ0n) is 15.1. The van der Waals surface area contributed by atoms with Crippen LogP contribution in [0.2, 0.25) is 0 Å². The molecule has 0 unspecified atom stereocenters. The number of nitrogens with zero attached hydrogens (tertiary/aromatic N) is 3. The molecule has 4 aromatic rings. The minimum absolute atomic E-state index is 0.156. The highest BCUT2D eigenvalue weighted by atomic mass is 19.2. The molecular formula is C21H15F2N5O. The predicted octanol–water partition coefficient (Wildman–Crippen LogP) is 3.01. The lowest BCUT2D eigenvalue weighted by atomic mass is 10.1. The number of aromatic amines is 1. The number of nitrogens with two attached hydrogens (primary N) is 1. The van der Waals surface area contributed by atoms with E-state index in [1.807, 2.05) is 28.9 Å². The Kier molecular flexibility index (Phi) is 3.88. The summed E-state index contributed by atoms with van der Waals surface area (Å²) in [6.45, 7) is 0.520. The maximum atomic E-state index is 14.3. The number of imidazole rings is 1. The van der Waals surface area contributed by atoms with Crippen LogP contribution in [0.3, 0.4) is 0 Å². The minimum atomic E-state index is -1.08. The summed E-state index contributed by atoms with van der Waals surface area (Å²) in [4.78, 5) is 23.7. The number of allylic oxidation sites excluding steroid dienone is 4. The van der Waals surface area contributed by atoms with Gasteiger partial charge in [0.2, 0.25) is 5.56 Å². The lowest BCUT2D eigenvalue weighted by Crippen LogP contribution is -2.12. The highest BCUT2D eigenvalue weighted by molar-refractivity contribution is 5.86. The van der Waals surface area contributed by atoms with Gasteiger partial charge in [0.05, 0.1) is 12.1 Å². The van der Waals surface area contributed by atoms with Crippen molar-refractivity contribution in [3.05, 3.63) is 87.6 Å². The number of pyridine rings is 2. The summed E-state index contributed by atoms with van der Waals surface area (Å²) in [5, 5.41) is 0.421. The second-order valence-electron chi connectivity index (χ2n) is 6.79. The van der Waals surface area contributed by atoms with Crippen molar-refractivity contribution in [3.63, 3.8) is 0 Å². The molecule has 0 saturated heterocycles. The van der Waals surface area contributed by atoms with Crippen molar-refractivity contribution in [3.8, 4) is 0 Å². The average molecular weight is 391 g/mol. The number of rotatable bonds is 4. The first kappa shape index (κ1) is 17.4. The van der Waals surface area contributed by atoms with E-state index >= 15 is 0 Å². The first-order valence-corrected chi connectivity index (χ1v) is 8.99. The SMILES string of the molecule is NCc1ccnc2c1nc(C1=CC=C1)n2Cc1cc(=O)[nH]c2c(F)c(F)ccc12. The molecular weight excluding hydrogens is 376 g/mol. The summed E-state index contributed by atoms with van der Waals surface area (Å²) in [6.07, 6.45) is 7.40. The third-order valence-electron chi connectivity index (χ3n) is 5.07. The molecule has 3 heterocycles. The molecule has 0 bridgehead atoms. The van der Waals surface area contributed by atoms with E-state index < -0.39 is 17.2 Å². The molecule has 0 aliphatic heterocycles. The van der Waals surface area contributed by atoms with Crippen LogP contribution in [0, 0.1) is 11.6 Å². The third kappa shape index (κ3) is 2.68. The quantitative estimate of drug-likeness (QED) is 0.560. The van der Waals surface area contributed by atoms with Crippen LogP contribution < -0.4 is 11.3 Å². The molecule has 1 aliphatic rings. The highest BCUT2D eigenvalue weighted by Crippen LogP contribution is 2.29. The first-order valence-electron chi connectivity index (χ1n) is 8.99. The molecule has 1 aliphatic carbocycles. The predicted molar refractivity (Wildman–Crippen MR) is 106 cm³/mol. The Balaban J connectivity index is 1.76. The number of halogens is 2. The van der Waals surface area contributed by atoms with Gasteiger partial charge in [0.15, 0.2) is 17.3 Å². The van der Waals surface area contributed by atoms with E-state index in [4.69, 9.17) is 10.7 Å². The van der Waals surface area contributed by atoms with Gasteiger partial charge in [-0.1, -0.05) is 18.2 Å². The molecule has 5 rings (SSSR count). The van der Waals surface area contributed by atoms with Crippen molar-refractivity contribution in [2.24, 2.45) is 5.73 Å². The molecule has 3 aromatic heterocycles. The van der Waals surface area contributed by atoms with E-state index in [0.29, 0.717) is 34.5 Å². The standard InChI is InChI=1S/C21H15F2N5O/c22-15-5-4-14-13(8-16(29)26-19(14)17(15)23)10-28-20(11-2-1-3-11)27-18-12(9-24)6-7-25-21(18)28/h1-8H,9-10,24H2,(H,26,29). The van der Waals surface area contributed by atoms with Gasteiger partial charge < -0.3 is 15.3 Å². The molecule has 8 heteroatoms. The molecule has 0 saturated carbocycles. The van der Waals surface area contributed by atoms with Crippen LogP contribution in [0.4, 0.5) is 8.78 Å². The zero-order valence-corrected chi connectivity index (χ0v) is 15.1. The number of nitrogens with one attached hydrogen (secondary N) is 1. The number of H-pyrrole nitrogens is 1. The Morgan fingerprint density at radius 3 is 2.72 bits per heavy atom. The Labute approximate surface area is 163 Å². The Morgan fingerprint density at radius 1 is 1.17 bits per heavy atom. The van der Waals surface area contributed by atoms with E-state index in [0.717, 1.165) is 17.2 Å². The fourth-order valence-corrected chi connectivity index (χ4v) is 3.58. The lowest BCUT2D eigenvalue weighted by Gasteiger charge is -2.13. The molecule has 0 fully saturated rings. The maximum Gasteiger partial charge on any atom is 0.248 e. The summed E-state index contributed by atoms with van der Waals surface area (Å²) in [5.74, 6) is -1.42. The van der Waals surface area contributed by atoms with Gasteiger partial charge in [-0.15, -0.1) is 0 Å². The van der Waals surface area contributed by atoms with Crippen LogP contribution in [0.5, 0.6) is 0 Å². The minimum Gasteiger partial charge on any atom is -0.326 e. The van der Waals surface area contributed by atoms with Gasteiger partial charge in [0, 0.05) is 29.8 Å². The number of aromatic nitrogens is 4. The van der Waals surface area contributed by atoms with E-state index in [-0.39, 0.29) is 12.1 Å². The molecule has 0 radical (unpaired) electrons. The fourth-order valence-electron chi connectivity index (χ4n) is 3.58. The van der Waals surface area contributed by atoms with Crippen molar-refractivity contribution in [2.75, 3.05) is 0 Å². The Hall–Kier alpha value is -3.65. The largest absolute Gasteiger partial charge is 0.326 e. The van der Waals surface area contributed by atoms with Crippen LogP contribution in [-0.4, -0.2) is 19.5 Å². The van der Waals surface area contributed by atoms with Crippen molar-refractivity contribution in [1.29, 1.82) is 0 Å². The Morgan fingerprint density at radius 2 is 2.00 bits per heavy atom. The van der Waals surface area contributed by atoms with Gasteiger partial charge in [-0.3, -0.25) is 4.79 Å². The lowest BCUT2D eigenvalue weighted by molar-refractivity contribution is 0.515. The van der Waals surface area contributed by atoms with Gasteiger partial charge in [-0.05, 0) is 29.3 Å². The van der Waals surface area contributed by atoms with E-state index in [2.05, 4.69) is 9.97 Å². The molecule has 3 N–H and O–H groups in total. The van der Waals surface area contributed by atoms with E-state index in [1.54, 1.807) is 6.20 Å². The third-order valence-corrected chi connectivity index (χ3v) is 5.07. The number of hydrogen-bond donors (Lipinski definition) is 2. The Bertz CT molecular complexity index is 1410. The van der Waals surface area contributed by atoms with Crippen molar-refractivity contribution < 1.29 is 8.78 Å². The van der Waals surface area contributed by atoms with Gasteiger partial charge in [-0.25, -0.2) is 18.7 Å².